The largest absolute Gasteiger partial charge is 0.452 e. The molecule has 0 spiro atoms. The average molecular weight is 359 g/mol. The number of rotatable bonds is 7. The van der Waals surface area contributed by atoms with Gasteiger partial charge in [0.2, 0.25) is 0 Å². The van der Waals surface area contributed by atoms with Gasteiger partial charge in [-0.1, -0.05) is 12.1 Å². The van der Waals surface area contributed by atoms with Crippen molar-refractivity contribution in [2.45, 2.75) is 40.4 Å². The monoisotopic (exact) mass is 359 g/mol. The summed E-state index contributed by atoms with van der Waals surface area (Å²) in [7, 11) is 1.80. The minimum Gasteiger partial charge on any atom is -0.452 e. The minimum atomic E-state index is -0.545. The van der Waals surface area contributed by atoms with Gasteiger partial charge in [0, 0.05) is 7.05 Å². The smallest absolute Gasteiger partial charge is 0.338 e. The van der Waals surface area contributed by atoms with Gasteiger partial charge in [0.1, 0.15) is 0 Å². The van der Waals surface area contributed by atoms with Crippen molar-refractivity contribution in [3.8, 4) is 0 Å². The Bertz CT molecular complexity index is 779. The van der Waals surface area contributed by atoms with Gasteiger partial charge in [-0.2, -0.15) is 5.10 Å². The van der Waals surface area contributed by atoms with Crippen LogP contribution < -0.4 is 5.32 Å². The molecule has 26 heavy (non-hydrogen) atoms. The van der Waals surface area contributed by atoms with E-state index >= 15 is 0 Å². The first kappa shape index (κ1) is 19.7. The van der Waals surface area contributed by atoms with E-state index in [0.29, 0.717) is 23.6 Å². The summed E-state index contributed by atoms with van der Waals surface area (Å²) in [6.07, 6.45) is 0.144. The van der Waals surface area contributed by atoms with Gasteiger partial charge in [0.05, 0.1) is 35.3 Å². The maximum absolute atomic E-state index is 12.1. The van der Waals surface area contributed by atoms with Crippen molar-refractivity contribution in [1.29, 1.82) is 0 Å². The number of amides is 1. The van der Waals surface area contributed by atoms with Gasteiger partial charge in [-0.05, 0) is 45.4 Å². The summed E-state index contributed by atoms with van der Waals surface area (Å²) in [4.78, 5) is 24.1. The molecule has 0 saturated heterocycles. The van der Waals surface area contributed by atoms with E-state index in [1.165, 1.54) is 0 Å². The topological polar surface area (TPSA) is 82.5 Å². The van der Waals surface area contributed by atoms with E-state index in [1.54, 1.807) is 42.9 Å². The SMILES string of the molecule is Cc1nn(C)c(C)c1NC(=O)COC(=O)c1ccc(COC(C)C)cc1. The summed E-state index contributed by atoms with van der Waals surface area (Å²) in [5.74, 6) is -0.949. The van der Waals surface area contributed by atoms with Gasteiger partial charge in [-0.25, -0.2) is 4.79 Å². The molecule has 1 heterocycles. The van der Waals surface area contributed by atoms with Gasteiger partial charge in [-0.3, -0.25) is 9.48 Å². The Balaban J connectivity index is 1.86. The molecule has 7 nitrogen and oxygen atoms in total. The maximum atomic E-state index is 12.1. The van der Waals surface area contributed by atoms with Crippen LogP contribution in [0.2, 0.25) is 0 Å². The molecule has 0 fully saturated rings. The predicted molar refractivity (Wildman–Crippen MR) is 98.0 cm³/mol. The zero-order valence-electron chi connectivity index (χ0n) is 15.8. The van der Waals surface area contributed by atoms with Crippen molar-refractivity contribution >= 4 is 17.6 Å². The summed E-state index contributed by atoms with van der Waals surface area (Å²) in [6.45, 7) is 7.71. The van der Waals surface area contributed by atoms with Crippen LogP contribution in [0.25, 0.3) is 0 Å². The molecule has 0 atom stereocenters. The van der Waals surface area contributed by atoms with Crippen LogP contribution in [0, 0.1) is 13.8 Å². The highest BCUT2D eigenvalue weighted by atomic mass is 16.5. The Morgan fingerprint density at radius 3 is 2.38 bits per heavy atom. The Morgan fingerprint density at radius 1 is 1.19 bits per heavy atom. The van der Waals surface area contributed by atoms with E-state index < -0.39 is 11.9 Å². The third-order valence-corrected chi connectivity index (χ3v) is 3.88. The number of benzene rings is 1. The first-order chi connectivity index (χ1) is 12.3. The summed E-state index contributed by atoms with van der Waals surface area (Å²) >= 11 is 0. The van der Waals surface area contributed by atoms with E-state index in [0.717, 1.165) is 11.3 Å². The zero-order chi connectivity index (χ0) is 19.3. The molecule has 1 N–H and O–H groups in total. The van der Waals surface area contributed by atoms with Crippen LogP contribution in [0.3, 0.4) is 0 Å². The number of hydrogen-bond donors (Lipinski definition) is 1. The van der Waals surface area contributed by atoms with Crippen molar-refractivity contribution in [3.05, 3.63) is 46.8 Å². The summed E-state index contributed by atoms with van der Waals surface area (Å²) in [6, 6.07) is 6.94. The molecule has 7 heteroatoms. The lowest BCUT2D eigenvalue weighted by Crippen LogP contribution is -2.21. The highest BCUT2D eigenvalue weighted by Crippen LogP contribution is 2.18. The number of esters is 1. The molecule has 0 aliphatic carbocycles. The van der Waals surface area contributed by atoms with Gasteiger partial charge in [0.15, 0.2) is 6.61 Å². The zero-order valence-corrected chi connectivity index (χ0v) is 15.8. The first-order valence-corrected chi connectivity index (χ1v) is 8.45. The van der Waals surface area contributed by atoms with Crippen LogP contribution in [-0.2, 0) is 27.9 Å². The summed E-state index contributed by atoms with van der Waals surface area (Å²) in [5, 5.41) is 6.95. The molecule has 0 aliphatic heterocycles. The number of hydrogen-bond acceptors (Lipinski definition) is 5. The van der Waals surface area contributed by atoms with Crippen molar-refractivity contribution in [2.24, 2.45) is 7.05 Å². The third-order valence-electron chi connectivity index (χ3n) is 3.88. The van der Waals surface area contributed by atoms with E-state index in [9.17, 15) is 9.59 Å². The number of anilines is 1. The molecular weight excluding hydrogens is 334 g/mol. The van der Waals surface area contributed by atoms with Crippen LogP contribution in [0.15, 0.2) is 24.3 Å². The molecule has 2 rings (SSSR count). The average Bonchev–Trinajstić information content (AvgIpc) is 2.84. The quantitative estimate of drug-likeness (QED) is 0.769. The Hall–Kier alpha value is -2.67. The number of nitrogens with zero attached hydrogens (tertiary/aromatic N) is 2. The molecule has 1 aromatic carbocycles. The molecule has 0 radical (unpaired) electrons. The first-order valence-electron chi connectivity index (χ1n) is 8.45. The molecule has 0 unspecified atom stereocenters. The normalized spacial score (nSPS) is 10.8. The standard InChI is InChI=1S/C19H25N3O4/c1-12(2)25-10-15-6-8-16(9-7-15)19(24)26-11-17(23)20-18-13(3)21-22(5)14(18)4/h6-9,12H,10-11H2,1-5H3,(H,20,23). The number of carbonyl (C=O) groups excluding carboxylic acids is 2. The molecule has 1 amide bonds. The molecular formula is C19H25N3O4. The van der Waals surface area contributed by atoms with Gasteiger partial charge in [0.25, 0.3) is 5.91 Å². The second-order valence-corrected chi connectivity index (χ2v) is 6.35. The maximum Gasteiger partial charge on any atom is 0.338 e. The highest BCUT2D eigenvalue weighted by Gasteiger charge is 2.15. The van der Waals surface area contributed by atoms with Gasteiger partial charge in [-0.15, -0.1) is 0 Å². The van der Waals surface area contributed by atoms with E-state index in [2.05, 4.69) is 10.4 Å². The highest BCUT2D eigenvalue weighted by molar-refractivity contribution is 5.96. The van der Waals surface area contributed by atoms with Crippen molar-refractivity contribution in [2.75, 3.05) is 11.9 Å². The fourth-order valence-corrected chi connectivity index (χ4v) is 2.34. The number of aromatic nitrogens is 2. The summed E-state index contributed by atoms with van der Waals surface area (Å²) in [5.41, 5.74) is 3.55. The molecule has 0 aliphatic rings. The molecule has 140 valence electrons. The molecule has 0 saturated carbocycles. The van der Waals surface area contributed by atoms with E-state index in [-0.39, 0.29) is 12.7 Å². The molecule has 2 aromatic rings. The lowest BCUT2D eigenvalue weighted by molar-refractivity contribution is -0.119. The van der Waals surface area contributed by atoms with Crippen molar-refractivity contribution in [3.63, 3.8) is 0 Å². The number of nitrogens with one attached hydrogen (secondary N) is 1. The van der Waals surface area contributed by atoms with Crippen molar-refractivity contribution < 1.29 is 19.1 Å². The van der Waals surface area contributed by atoms with E-state index in [4.69, 9.17) is 9.47 Å². The fourth-order valence-electron chi connectivity index (χ4n) is 2.34. The number of aryl methyl sites for hydroxylation is 2. The lowest BCUT2D eigenvalue weighted by Gasteiger charge is -2.09. The fraction of sp³-hybridized carbons (Fsp3) is 0.421. The molecule has 0 bridgehead atoms. The second kappa shape index (κ2) is 8.62. The Kier molecular flexibility index (Phi) is 6.52. The Labute approximate surface area is 153 Å². The molecule has 1 aromatic heterocycles. The predicted octanol–water partition coefficient (Wildman–Crippen LogP) is 2.76. The van der Waals surface area contributed by atoms with Gasteiger partial charge >= 0.3 is 5.97 Å². The van der Waals surface area contributed by atoms with Crippen LogP contribution in [0.1, 0.15) is 41.2 Å². The van der Waals surface area contributed by atoms with Crippen LogP contribution in [0.4, 0.5) is 5.69 Å². The van der Waals surface area contributed by atoms with E-state index in [1.807, 2.05) is 20.8 Å². The number of carbonyl (C=O) groups is 2. The summed E-state index contributed by atoms with van der Waals surface area (Å²) < 4.78 is 12.3. The number of ether oxygens (including phenoxy) is 2. The Morgan fingerprint density at radius 2 is 1.85 bits per heavy atom. The minimum absolute atomic E-state index is 0.144. The van der Waals surface area contributed by atoms with Crippen molar-refractivity contribution in [1.82, 2.24) is 9.78 Å². The lowest BCUT2D eigenvalue weighted by atomic mass is 10.1. The second-order valence-electron chi connectivity index (χ2n) is 6.35. The van der Waals surface area contributed by atoms with Crippen LogP contribution in [0.5, 0.6) is 0 Å². The van der Waals surface area contributed by atoms with Gasteiger partial charge < -0.3 is 14.8 Å². The third kappa shape index (κ3) is 5.16. The van der Waals surface area contributed by atoms with Crippen LogP contribution in [-0.4, -0.2) is 34.4 Å². The van der Waals surface area contributed by atoms with Crippen LogP contribution >= 0.6 is 0 Å².